The van der Waals surface area contributed by atoms with Crippen molar-refractivity contribution in [1.82, 2.24) is 4.57 Å². The van der Waals surface area contributed by atoms with E-state index in [2.05, 4.69) is 30.3 Å². The number of fused-ring (bicyclic) bond motifs is 3. The van der Waals surface area contributed by atoms with Gasteiger partial charge in [-0.1, -0.05) is 77.5 Å². The van der Waals surface area contributed by atoms with Gasteiger partial charge in [-0.2, -0.15) is 0 Å². The molecule has 1 aromatic heterocycles. The fourth-order valence-electron chi connectivity index (χ4n) is 4.90. The molecule has 34 heavy (non-hydrogen) atoms. The Morgan fingerprint density at radius 3 is 2.62 bits per heavy atom. The zero-order valence-electron chi connectivity index (χ0n) is 18.5. The summed E-state index contributed by atoms with van der Waals surface area (Å²) in [6, 6.07) is 23.6. The number of allylic oxidation sites excluding steroid dienone is 1. The van der Waals surface area contributed by atoms with Gasteiger partial charge in [0.05, 0.1) is 23.4 Å². The standard InChI is InChI=1S/C28H21ClN2O2S/c1-33-23-9-5-4-8-21(23)26-22-15-12-18-6-2-3-7-20(18)25(22)30-28-31(26)27(32)24(34-28)16-17-10-13-19(29)14-11-17/h2-11,13-14,16,26H,12,15H2,1H3/b24-16+/t26-/m0/s1. The van der Waals surface area contributed by atoms with Crippen LogP contribution in [0.5, 0.6) is 5.75 Å². The maximum absolute atomic E-state index is 13.8. The molecule has 0 bridgehead atoms. The molecule has 1 aliphatic heterocycles. The van der Waals surface area contributed by atoms with Crippen LogP contribution in [0.15, 0.2) is 88.2 Å². The zero-order chi connectivity index (χ0) is 23.2. The minimum Gasteiger partial charge on any atom is -0.496 e. The van der Waals surface area contributed by atoms with Gasteiger partial charge in [0, 0.05) is 16.1 Å². The number of benzene rings is 3. The molecule has 2 heterocycles. The molecule has 168 valence electrons. The number of halogens is 1. The Morgan fingerprint density at radius 1 is 1.03 bits per heavy atom. The lowest BCUT2D eigenvalue weighted by molar-refractivity contribution is 0.402. The fourth-order valence-corrected chi connectivity index (χ4v) is 6.03. The molecule has 0 saturated heterocycles. The second-order valence-electron chi connectivity index (χ2n) is 8.41. The topological polar surface area (TPSA) is 43.6 Å². The van der Waals surface area contributed by atoms with Gasteiger partial charge in [0.1, 0.15) is 5.75 Å². The Labute approximate surface area is 205 Å². The third-order valence-electron chi connectivity index (χ3n) is 6.47. The Bertz CT molecular complexity index is 1630. The monoisotopic (exact) mass is 484 g/mol. The SMILES string of the molecule is COc1ccccc1[C@H]1C2=C(N=c3s/c(=C/c4ccc(Cl)cc4)c(=O)n31)c1ccccc1CC2. The molecule has 6 rings (SSSR count). The molecule has 0 unspecified atom stereocenters. The summed E-state index contributed by atoms with van der Waals surface area (Å²) in [5.41, 5.74) is 6.46. The second-order valence-corrected chi connectivity index (χ2v) is 9.85. The third-order valence-corrected chi connectivity index (χ3v) is 7.71. The first kappa shape index (κ1) is 21.1. The van der Waals surface area contributed by atoms with Crippen molar-refractivity contribution < 1.29 is 4.74 Å². The molecule has 4 aromatic rings. The average Bonchev–Trinajstić information content (AvgIpc) is 3.18. The van der Waals surface area contributed by atoms with Crippen LogP contribution in [0.25, 0.3) is 11.8 Å². The van der Waals surface area contributed by atoms with Gasteiger partial charge in [0.25, 0.3) is 5.56 Å². The number of ether oxygens (including phenoxy) is 1. The highest BCUT2D eigenvalue weighted by atomic mass is 35.5. The van der Waals surface area contributed by atoms with Gasteiger partial charge in [0.15, 0.2) is 4.80 Å². The van der Waals surface area contributed by atoms with Crippen LogP contribution in [-0.2, 0) is 6.42 Å². The largest absolute Gasteiger partial charge is 0.496 e. The minimum atomic E-state index is -0.261. The van der Waals surface area contributed by atoms with Crippen LogP contribution in [-0.4, -0.2) is 11.7 Å². The summed E-state index contributed by atoms with van der Waals surface area (Å²) in [5.74, 6) is 0.771. The number of rotatable bonds is 3. The molecule has 2 aliphatic rings. The number of hydrogen-bond donors (Lipinski definition) is 0. The predicted octanol–water partition coefficient (Wildman–Crippen LogP) is 4.98. The Hall–Kier alpha value is -3.41. The van der Waals surface area contributed by atoms with Crippen LogP contribution in [0.3, 0.4) is 0 Å². The van der Waals surface area contributed by atoms with Gasteiger partial charge in [-0.3, -0.25) is 9.36 Å². The molecule has 0 N–H and O–H groups in total. The van der Waals surface area contributed by atoms with E-state index < -0.39 is 0 Å². The van der Waals surface area contributed by atoms with E-state index in [4.69, 9.17) is 21.3 Å². The van der Waals surface area contributed by atoms with E-state index >= 15 is 0 Å². The molecule has 0 saturated carbocycles. The van der Waals surface area contributed by atoms with E-state index in [1.54, 1.807) is 7.11 Å². The highest BCUT2D eigenvalue weighted by Gasteiger charge is 2.33. The van der Waals surface area contributed by atoms with Crippen LogP contribution in [0, 0.1) is 0 Å². The van der Waals surface area contributed by atoms with Gasteiger partial charge in [-0.05, 0) is 53.8 Å². The number of hydrogen-bond acceptors (Lipinski definition) is 4. The molecule has 0 amide bonds. The van der Waals surface area contributed by atoms with Crippen molar-refractivity contribution >= 4 is 34.7 Å². The highest BCUT2D eigenvalue weighted by Crippen LogP contribution is 2.43. The van der Waals surface area contributed by atoms with Crippen molar-refractivity contribution in [3.05, 3.63) is 125 Å². The number of aryl methyl sites for hydroxylation is 1. The average molecular weight is 485 g/mol. The number of methoxy groups -OCH3 is 1. The highest BCUT2D eigenvalue weighted by molar-refractivity contribution is 7.07. The maximum Gasteiger partial charge on any atom is 0.271 e. The smallest absolute Gasteiger partial charge is 0.271 e. The molecule has 3 aromatic carbocycles. The molecule has 0 fully saturated rings. The first-order valence-corrected chi connectivity index (χ1v) is 12.3. The molecule has 1 atom stereocenters. The lowest BCUT2D eigenvalue weighted by Crippen LogP contribution is -2.38. The van der Waals surface area contributed by atoms with Gasteiger partial charge >= 0.3 is 0 Å². The van der Waals surface area contributed by atoms with Gasteiger partial charge in [0.2, 0.25) is 0 Å². The summed E-state index contributed by atoms with van der Waals surface area (Å²) in [5, 5.41) is 0.668. The predicted molar refractivity (Wildman–Crippen MR) is 137 cm³/mol. The molecular weight excluding hydrogens is 464 g/mol. The lowest BCUT2D eigenvalue weighted by Gasteiger charge is -2.31. The Morgan fingerprint density at radius 2 is 1.79 bits per heavy atom. The van der Waals surface area contributed by atoms with E-state index in [0.717, 1.165) is 46.6 Å². The Balaban J connectivity index is 1.64. The fraction of sp³-hybridized carbons (Fsp3) is 0.143. The van der Waals surface area contributed by atoms with E-state index in [1.807, 2.05) is 53.1 Å². The third kappa shape index (κ3) is 3.44. The van der Waals surface area contributed by atoms with E-state index in [9.17, 15) is 4.79 Å². The summed E-state index contributed by atoms with van der Waals surface area (Å²) < 4.78 is 8.22. The minimum absolute atomic E-state index is 0.0417. The summed E-state index contributed by atoms with van der Waals surface area (Å²) in [7, 11) is 1.68. The van der Waals surface area contributed by atoms with Crippen LogP contribution >= 0.6 is 22.9 Å². The van der Waals surface area contributed by atoms with Crippen molar-refractivity contribution in [2.45, 2.75) is 18.9 Å². The van der Waals surface area contributed by atoms with E-state index in [-0.39, 0.29) is 11.6 Å². The summed E-state index contributed by atoms with van der Waals surface area (Å²) in [6.45, 7) is 0. The molecule has 0 radical (unpaired) electrons. The first-order valence-electron chi connectivity index (χ1n) is 11.2. The van der Waals surface area contributed by atoms with Gasteiger partial charge in [-0.15, -0.1) is 0 Å². The van der Waals surface area contributed by atoms with Crippen molar-refractivity contribution in [2.24, 2.45) is 4.99 Å². The first-order chi connectivity index (χ1) is 16.6. The quantitative estimate of drug-likeness (QED) is 0.411. The van der Waals surface area contributed by atoms with Crippen molar-refractivity contribution in [2.75, 3.05) is 7.11 Å². The van der Waals surface area contributed by atoms with E-state index in [0.29, 0.717) is 14.4 Å². The summed E-state index contributed by atoms with van der Waals surface area (Å²) >= 11 is 7.47. The number of aromatic nitrogens is 1. The van der Waals surface area contributed by atoms with Crippen LogP contribution < -0.4 is 19.6 Å². The summed E-state index contributed by atoms with van der Waals surface area (Å²) in [4.78, 5) is 19.5. The normalized spacial score (nSPS) is 17.0. The van der Waals surface area contributed by atoms with Crippen LogP contribution in [0.1, 0.15) is 34.7 Å². The summed E-state index contributed by atoms with van der Waals surface area (Å²) in [6.07, 6.45) is 3.68. The van der Waals surface area contributed by atoms with Crippen LogP contribution in [0.2, 0.25) is 5.02 Å². The van der Waals surface area contributed by atoms with Crippen molar-refractivity contribution in [3.63, 3.8) is 0 Å². The van der Waals surface area contributed by atoms with Crippen molar-refractivity contribution in [1.29, 1.82) is 0 Å². The number of thiazole rings is 1. The zero-order valence-corrected chi connectivity index (χ0v) is 20.1. The molecule has 4 nitrogen and oxygen atoms in total. The Kier molecular flexibility index (Phi) is 5.24. The number of para-hydroxylation sites is 1. The van der Waals surface area contributed by atoms with Gasteiger partial charge < -0.3 is 4.74 Å². The van der Waals surface area contributed by atoms with Crippen LogP contribution in [0.4, 0.5) is 0 Å². The van der Waals surface area contributed by atoms with Gasteiger partial charge in [-0.25, -0.2) is 4.99 Å². The second kappa shape index (κ2) is 8.42. The maximum atomic E-state index is 13.8. The molecular formula is C28H21ClN2O2S. The molecule has 6 heteroatoms. The van der Waals surface area contributed by atoms with E-state index in [1.165, 1.54) is 16.9 Å². The van der Waals surface area contributed by atoms with Crippen molar-refractivity contribution in [3.8, 4) is 5.75 Å². The number of nitrogens with zero attached hydrogens (tertiary/aromatic N) is 2. The molecule has 0 spiro atoms. The lowest BCUT2D eigenvalue weighted by atomic mass is 9.83. The molecule has 1 aliphatic carbocycles.